The van der Waals surface area contributed by atoms with E-state index in [1.165, 1.54) is 38.3 Å². The number of carbonyl (C=O) groups excluding carboxylic acids is 2. The number of aliphatic carboxylic acids is 1. The molecule has 0 aromatic heterocycles. The van der Waals surface area contributed by atoms with Gasteiger partial charge in [0, 0.05) is 12.8 Å². The number of hydrogen-bond donors (Lipinski definition) is 2. The van der Waals surface area contributed by atoms with Crippen LogP contribution < -0.4 is 5.73 Å². The Kier molecular flexibility index (Phi) is 5.87. The van der Waals surface area contributed by atoms with E-state index in [4.69, 9.17) is 19.9 Å². The summed E-state index contributed by atoms with van der Waals surface area (Å²) >= 11 is 0. The lowest BCUT2D eigenvalue weighted by atomic mass is 9.49. The molecule has 8 nitrogen and oxygen atoms in total. The van der Waals surface area contributed by atoms with Crippen LogP contribution in [0.4, 0.5) is 4.39 Å². The van der Waals surface area contributed by atoms with Crippen molar-refractivity contribution in [2.45, 2.75) is 76.4 Å². The Morgan fingerprint density at radius 2 is 1.62 bits per heavy atom. The number of rotatable bonds is 8. The average Bonchev–Trinajstić information content (AvgIpc) is 3.48. The molecule has 1 aromatic carbocycles. The van der Waals surface area contributed by atoms with Gasteiger partial charge in [0.15, 0.2) is 0 Å². The third-order valence-corrected chi connectivity index (χ3v) is 9.77. The molecule has 6 aliphatic rings. The van der Waals surface area contributed by atoms with E-state index < -0.39 is 47.1 Å². The number of carboxylic acids is 1. The second-order valence-corrected chi connectivity index (χ2v) is 12.2. The molecular weight excluding hydrogens is 481 g/mol. The van der Waals surface area contributed by atoms with Gasteiger partial charge in [-0.15, -0.1) is 0 Å². The molecule has 6 atom stereocenters. The zero-order valence-corrected chi connectivity index (χ0v) is 20.9. The first-order chi connectivity index (χ1) is 17.6. The summed E-state index contributed by atoms with van der Waals surface area (Å²) in [7, 11) is 0. The van der Waals surface area contributed by atoms with Gasteiger partial charge in [0.1, 0.15) is 11.4 Å². The van der Waals surface area contributed by atoms with Gasteiger partial charge in [0.05, 0.1) is 24.0 Å². The van der Waals surface area contributed by atoms with E-state index in [9.17, 15) is 23.9 Å². The molecule has 1 aromatic rings. The Bertz CT molecular complexity index is 1070. The normalized spacial score (nSPS) is 41.6. The topological polar surface area (TPSA) is 125 Å². The van der Waals surface area contributed by atoms with Crippen molar-refractivity contribution in [2.75, 3.05) is 0 Å². The van der Waals surface area contributed by atoms with Crippen LogP contribution in [0.15, 0.2) is 24.3 Å². The van der Waals surface area contributed by atoms with Gasteiger partial charge in [0.25, 0.3) is 0 Å². The maximum atomic E-state index is 13.2. The highest BCUT2D eigenvalue weighted by molar-refractivity contribution is 5.87. The Hall–Kier alpha value is -2.52. The molecule has 0 radical (unpaired) electrons. The molecule has 0 saturated heterocycles. The molecular formula is C28H34FNO7. The first kappa shape index (κ1) is 24.8. The lowest BCUT2D eigenvalue weighted by molar-refractivity contribution is -0.202. The summed E-state index contributed by atoms with van der Waals surface area (Å²) in [4.78, 5) is 38.3. The van der Waals surface area contributed by atoms with Crippen molar-refractivity contribution >= 4 is 17.9 Å². The minimum absolute atomic E-state index is 0.0863. The number of carboxylic acid groups (broad SMARTS) is 1. The summed E-state index contributed by atoms with van der Waals surface area (Å²) in [6.45, 7) is 1.62. The zero-order valence-electron chi connectivity index (χ0n) is 20.9. The Morgan fingerprint density at radius 1 is 1.03 bits per heavy atom. The van der Waals surface area contributed by atoms with Gasteiger partial charge in [-0.05, 0) is 86.3 Å². The molecule has 9 heteroatoms. The third kappa shape index (κ3) is 4.14. The second kappa shape index (κ2) is 8.76. The fraction of sp³-hybridized carbons (Fsp3) is 0.679. The number of benzene rings is 1. The van der Waals surface area contributed by atoms with Gasteiger partial charge < -0.3 is 25.1 Å². The van der Waals surface area contributed by atoms with Crippen molar-refractivity contribution in [1.29, 1.82) is 0 Å². The molecule has 0 spiro atoms. The second-order valence-electron chi connectivity index (χ2n) is 12.2. The van der Waals surface area contributed by atoms with E-state index in [0.29, 0.717) is 29.7 Å². The first-order valence-corrected chi connectivity index (χ1v) is 13.4. The Balaban J connectivity index is 1.05. The van der Waals surface area contributed by atoms with Gasteiger partial charge in [-0.3, -0.25) is 14.4 Å². The average molecular weight is 516 g/mol. The fourth-order valence-corrected chi connectivity index (χ4v) is 8.46. The fourth-order valence-electron chi connectivity index (χ4n) is 8.46. The maximum Gasteiger partial charge on any atom is 0.326 e. The standard InChI is InChI=1S/C28H34FNO7/c1-14(37-26(34)27-10-16-6-17(11-27)8-18(7-16)12-27)36-24(31)22-20-9-21(28(30,23(20)22)25(32)33)35-13-15-2-4-19(29)5-3-15/h2-5,14,16-18,20-23H,6-13,30H2,1H3,(H,32,33). The largest absolute Gasteiger partial charge is 0.480 e. The molecule has 6 aliphatic carbocycles. The van der Waals surface area contributed by atoms with E-state index >= 15 is 0 Å². The number of ether oxygens (including phenoxy) is 3. The van der Waals surface area contributed by atoms with Crippen molar-refractivity contribution in [3.8, 4) is 0 Å². The minimum Gasteiger partial charge on any atom is -0.480 e. The molecule has 6 saturated carbocycles. The smallest absolute Gasteiger partial charge is 0.326 e. The van der Waals surface area contributed by atoms with Crippen molar-refractivity contribution in [3.63, 3.8) is 0 Å². The van der Waals surface area contributed by atoms with Crippen LogP contribution in [0, 0.1) is 46.7 Å². The van der Waals surface area contributed by atoms with Crippen molar-refractivity contribution in [1.82, 2.24) is 0 Å². The third-order valence-electron chi connectivity index (χ3n) is 9.77. The minimum atomic E-state index is -1.74. The number of esters is 2. The zero-order chi connectivity index (χ0) is 26.1. The number of fused-ring (bicyclic) bond motifs is 1. The molecule has 37 heavy (non-hydrogen) atoms. The van der Waals surface area contributed by atoms with Crippen LogP contribution >= 0.6 is 0 Å². The number of nitrogens with two attached hydrogens (primary N) is 1. The van der Waals surface area contributed by atoms with E-state index in [-0.39, 0.29) is 24.3 Å². The molecule has 6 unspecified atom stereocenters. The Morgan fingerprint density at radius 3 is 2.19 bits per heavy atom. The van der Waals surface area contributed by atoms with Crippen LogP contribution in [-0.4, -0.2) is 40.9 Å². The van der Waals surface area contributed by atoms with Crippen molar-refractivity contribution in [3.05, 3.63) is 35.6 Å². The van der Waals surface area contributed by atoms with Crippen LogP contribution in [0.5, 0.6) is 0 Å². The first-order valence-electron chi connectivity index (χ1n) is 13.4. The van der Waals surface area contributed by atoms with Gasteiger partial charge in [-0.25, -0.2) is 4.39 Å². The Labute approximate surface area is 215 Å². The monoisotopic (exact) mass is 515 g/mol. The lowest BCUT2D eigenvalue weighted by Crippen LogP contribution is -2.58. The number of hydrogen-bond acceptors (Lipinski definition) is 7. The predicted molar refractivity (Wildman–Crippen MR) is 127 cm³/mol. The predicted octanol–water partition coefficient (Wildman–Crippen LogP) is 3.41. The summed E-state index contributed by atoms with van der Waals surface area (Å²) in [6.07, 6.45) is 4.67. The van der Waals surface area contributed by atoms with Crippen LogP contribution in [0.2, 0.25) is 0 Å². The van der Waals surface area contributed by atoms with Crippen molar-refractivity contribution < 1.29 is 38.1 Å². The van der Waals surface area contributed by atoms with Crippen LogP contribution in [-0.2, 0) is 35.2 Å². The van der Waals surface area contributed by atoms with Gasteiger partial charge >= 0.3 is 17.9 Å². The molecule has 200 valence electrons. The van der Waals surface area contributed by atoms with E-state index in [2.05, 4.69) is 0 Å². The van der Waals surface area contributed by atoms with Crippen LogP contribution in [0.25, 0.3) is 0 Å². The van der Waals surface area contributed by atoms with Crippen LogP contribution in [0.3, 0.4) is 0 Å². The molecule has 3 N–H and O–H groups in total. The van der Waals surface area contributed by atoms with Gasteiger partial charge in [-0.1, -0.05) is 12.1 Å². The summed E-state index contributed by atoms with van der Waals surface area (Å²) < 4.78 is 30.1. The maximum absolute atomic E-state index is 13.2. The molecule has 7 rings (SSSR count). The van der Waals surface area contributed by atoms with E-state index in [0.717, 1.165) is 19.3 Å². The summed E-state index contributed by atoms with van der Waals surface area (Å²) in [5, 5.41) is 9.95. The lowest BCUT2D eigenvalue weighted by Gasteiger charge is -2.55. The van der Waals surface area contributed by atoms with Gasteiger partial charge in [-0.2, -0.15) is 0 Å². The van der Waals surface area contributed by atoms with Crippen LogP contribution in [0.1, 0.15) is 57.4 Å². The van der Waals surface area contributed by atoms with E-state index in [1.54, 1.807) is 12.1 Å². The highest BCUT2D eigenvalue weighted by Gasteiger charge is 2.75. The van der Waals surface area contributed by atoms with E-state index in [1.807, 2.05) is 0 Å². The SMILES string of the molecule is CC(OC(=O)C1C2CC(OCc3ccc(F)cc3)C(N)(C(=O)O)C21)OC(=O)C12CC3CC(CC(C3)C1)C2. The number of halogens is 1. The van der Waals surface area contributed by atoms with Crippen molar-refractivity contribution in [2.24, 2.45) is 46.7 Å². The molecule has 0 aliphatic heterocycles. The summed E-state index contributed by atoms with van der Waals surface area (Å²) in [5.41, 5.74) is 4.86. The molecule has 0 amide bonds. The highest BCUT2D eigenvalue weighted by atomic mass is 19.1. The number of carbonyl (C=O) groups is 3. The quantitative estimate of drug-likeness (QED) is 0.399. The molecule has 6 fully saturated rings. The van der Waals surface area contributed by atoms with Gasteiger partial charge in [0.2, 0.25) is 6.29 Å². The highest BCUT2D eigenvalue weighted by Crippen LogP contribution is 2.63. The summed E-state index contributed by atoms with van der Waals surface area (Å²) in [6, 6.07) is 5.74. The molecule has 0 heterocycles. The summed E-state index contributed by atoms with van der Waals surface area (Å²) in [5.74, 6) is -2.26. The molecule has 4 bridgehead atoms.